The minimum absolute atomic E-state index is 0.111. The van der Waals surface area contributed by atoms with Crippen molar-refractivity contribution in [1.29, 1.82) is 0 Å². The number of esters is 1. The molecule has 0 radical (unpaired) electrons. The monoisotopic (exact) mass is 298 g/mol. The fourth-order valence-corrected chi connectivity index (χ4v) is 3.79. The smallest absolute Gasteiger partial charge is 0.313 e. The van der Waals surface area contributed by atoms with Crippen molar-refractivity contribution < 1.29 is 14.3 Å². The lowest BCUT2D eigenvalue weighted by atomic mass is 9.67. The zero-order valence-electron chi connectivity index (χ0n) is 13.0. The molecular weight excluding hydrogens is 276 g/mol. The van der Waals surface area contributed by atoms with Gasteiger partial charge in [-0.05, 0) is 43.2 Å². The predicted octanol–water partition coefficient (Wildman–Crippen LogP) is 3.65. The minimum atomic E-state index is -0.337. The minimum Gasteiger partial charge on any atom is -0.466 e. The molecular formula is C19H22O3. The second-order valence-electron chi connectivity index (χ2n) is 6.17. The van der Waals surface area contributed by atoms with E-state index >= 15 is 0 Å². The average molecular weight is 298 g/mol. The second-order valence-corrected chi connectivity index (χ2v) is 6.17. The van der Waals surface area contributed by atoms with Crippen molar-refractivity contribution in [2.45, 2.75) is 38.5 Å². The number of rotatable bonds is 3. The van der Waals surface area contributed by atoms with Gasteiger partial charge in [0.2, 0.25) is 0 Å². The summed E-state index contributed by atoms with van der Waals surface area (Å²) < 4.78 is 5.25. The van der Waals surface area contributed by atoms with Crippen LogP contribution in [-0.2, 0) is 14.3 Å². The second kappa shape index (κ2) is 6.47. The third kappa shape index (κ3) is 2.85. The van der Waals surface area contributed by atoms with Gasteiger partial charge >= 0.3 is 5.97 Å². The Balaban J connectivity index is 1.97. The number of fused-ring (bicyclic) bond motifs is 1. The van der Waals surface area contributed by atoms with Crippen LogP contribution in [0.1, 0.15) is 44.1 Å². The van der Waals surface area contributed by atoms with Crippen LogP contribution in [0.25, 0.3) is 0 Å². The molecule has 0 N–H and O–H groups in total. The van der Waals surface area contributed by atoms with E-state index in [2.05, 4.69) is 12.1 Å². The van der Waals surface area contributed by atoms with E-state index in [-0.39, 0.29) is 23.6 Å². The quantitative estimate of drug-likeness (QED) is 0.800. The third-order valence-corrected chi connectivity index (χ3v) is 4.84. The Morgan fingerprint density at radius 1 is 1.27 bits per heavy atom. The summed E-state index contributed by atoms with van der Waals surface area (Å²) in [7, 11) is 0. The van der Waals surface area contributed by atoms with Gasteiger partial charge in [-0.1, -0.05) is 36.4 Å². The van der Waals surface area contributed by atoms with Crippen molar-refractivity contribution in [1.82, 2.24) is 0 Å². The van der Waals surface area contributed by atoms with Crippen LogP contribution in [-0.4, -0.2) is 18.4 Å². The highest BCUT2D eigenvalue weighted by molar-refractivity contribution is 5.97. The number of ketones is 1. The molecule has 1 saturated carbocycles. The molecule has 2 aliphatic rings. The molecule has 0 amide bonds. The van der Waals surface area contributed by atoms with E-state index < -0.39 is 0 Å². The Morgan fingerprint density at radius 2 is 2.05 bits per heavy atom. The van der Waals surface area contributed by atoms with Gasteiger partial charge in [0.1, 0.15) is 0 Å². The molecule has 1 fully saturated rings. The van der Waals surface area contributed by atoms with Gasteiger partial charge in [-0.2, -0.15) is 0 Å². The van der Waals surface area contributed by atoms with E-state index in [0.717, 1.165) is 30.4 Å². The van der Waals surface area contributed by atoms with Crippen molar-refractivity contribution in [2.24, 2.45) is 11.8 Å². The number of carbonyl (C=O) groups excluding carboxylic acids is 2. The lowest BCUT2D eigenvalue weighted by molar-refractivity contribution is -0.147. The SMILES string of the molecule is CCOC(=O)[C@H]1C=C2C(=O)CCC[C@H]2C[C@H]1c1ccccc1. The molecule has 22 heavy (non-hydrogen) atoms. The highest BCUT2D eigenvalue weighted by Gasteiger charge is 2.39. The van der Waals surface area contributed by atoms with Gasteiger partial charge in [-0.25, -0.2) is 0 Å². The summed E-state index contributed by atoms with van der Waals surface area (Å²) in [6, 6.07) is 10.1. The first kappa shape index (κ1) is 15.0. The Hall–Kier alpha value is -1.90. The first-order chi connectivity index (χ1) is 10.7. The largest absolute Gasteiger partial charge is 0.466 e. The molecule has 1 aromatic rings. The summed E-state index contributed by atoms with van der Waals surface area (Å²) in [5.41, 5.74) is 2.03. The molecule has 2 aliphatic carbocycles. The van der Waals surface area contributed by atoms with Crippen molar-refractivity contribution in [3.8, 4) is 0 Å². The molecule has 1 aromatic carbocycles. The third-order valence-electron chi connectivity index (χ3n) is 4.84. The van der Waals surface area contributed by atoms with Crippen LogP contribution in [0, 0.1) is 11.8 Å². The number of ether oxygens (including phenoxy) is 1. The summed E-state index contributed by atoms with van der Waals surface area (Å²) in [6.45, 7) is 2.19. The molecule has 3 heteroatoms. The van der Waals surface area contributed by atoms with Crippen LogP contribution < -0.4 is 0 Å². The van der Waals surface area contributed by atoms with Crippen molar-refractivity contribution in [2.75, 3.05) is 6.61 Å². The zero-order valence-corrected chi connectivity index (χ0v) is 13.0. The summed E-state index contributed by atoms with van der Waals surface area (Å²) in [4.78, 5) is 24.6. The van der Waals surface area contributed by atoms with Crippen LogP contribution >= 0.6 is 0 Å². The van der Waals surface area contributed by atoms with Gasteiger partial charge in [-0.15, -0.1) is 0 Å². The molecule has 0 spiro atoms. The van der Waals surface area contributed by atoms with Crippen molar-refractivity contribution in [3.63, 3.8) is 0 Å². The Morgan fingerprint density at radius 3 is 2.77 bits per heavy atom. The first-order valence-corrected chi connectivity index (χ1v) is 8.17. The van der Waals surface area contributed by atoms with Crippen LogP contribution in [0.2, 0.25) is 0 Å². The number of hydrogen-bond acceptors (Lipinski definition) is 3. The Bertz CT molecular complexity index is 588. The van der Waals surface area contributed by atoms with E-state index in [1.807, 2.05) is 31.2 Å². The molecule has 0 heterocycles. The Labute approximate surface area is 131 Å². The standard InChI is InChI=1S/C19H22O3/c1-2-22-19(21)17-12-16-14(9-6-10-18(16)20)11-15(17)13-7-4-3-5-8-13/h3-5,7-8,12,14-15,17H,2,6,9-11H2,1H3/t14-,15-,17-/m0/s1. The van der Waals surface area contributed by atoms with Gasteiger partial charge in [0.25, 0.3) is 0 Å². The Kier molecular flexibility index (Phi) is 4.41. The molecule has 0 saturated heterocycles. The van der Waals surface area contributed by atoms with E-state index in [0.29, 0.717) is 18.9 Å². The molecule has 3 atom stereocenters. The van der Waals surface area contributed by atoms with Gasteiger partial charge in [-0.3, -0.25) is 9.59 Å². The van der Waals surface area contributed by atoms with Gasteiger partial charge in [0.05, 0.1) is 12.5 Å². The molecule has 3 rings (SSSR count). The molecule has 3 nitrogen and oxygen atoms in total. The predicted molar refractivity (Wildman–Crippen MR) is 84.4 cm³/mol. The number of Topliss-reactive ketones (excluding diaryl/α,β-unsaturated/α-hetero) is 1. The molecule has 0 aromatic heterocycles. The molecule has 0 unspecified atom stereocenters. The van der Waals surface area contributed by atoms with Crippen LogP contribution in [0.15, 0.2) is 42.0 Å². The first-order valence-electron chi connectivity index (χ1n) is 8.17. The number of carbonyl (C=O) groups is 2. The van der Waals surface area contributed by atoms with Gasteiger partial charge in [0.15, 0.2) is 5.78 Å². The van der Waals surface area contributed by atoms with Gasteiger partial charge in [0, 0.05) is 12.3 Å². The highest BCUT2D eigenvalue weighted by Crippen LogP contribution is 2.44. The van der Waals surface area contributed by atoms with E-state index in [1.54, 1.807) is 0 Å². The summed E-state index contributed by atoms with van der Waals surface area (Å²) in [5, 5.41) is 0. The van der Waals surface area contributed by atoms with Crippen molar-refractivity contribution in [3.05, 3.63) is 47.5 Å². The zero-order chi connectivity index (χ0) is 15.5. The van der Waals surface area contributed by atoms with E-state index in [1.165, 1.54) is 0 Å². The lowest BCUT2D eigenvalue weighted by Gasteiger charge is -2.36. The summed E-state index contributed by atoms with van der Waals surface area (Å²) in [6.07, 6.45) is 5.41. The molecule has 0 aliphatic heterocycles. The molecule has 116 valence electrons. The highest BCUT2D eigenvalue weighted by atomic mass is 16.5. The fraction of sp³-hybridized carbons (Fsp3) is 0.474. The average Bonchev–Trinajstić information content (AvgIpc) is 2.55. The van der Waals surface area contributed by atoms with Crippen LogP contribution in [0.5, 0.6) is 0 Å². The fourth-order valence-electron chi connectivity index (χ4n) is 3.79. The maximum Gasteiger partial charge on any atom is 0.313 e. The van der Waals surface area contributed by atoms with Crippen molar-refractivity contribution >= 4 is 11.8 Å². The molecule has 0 bridgehead atoms. The summed E-state index contributed by atoms with van der Waals surface area (Å²) >= 11 is 0. The summed E-state index contributed by atoms with van der Waals surface area (Å²) in [5.74, 6) is 0.0884. The van der Waals surface area contributed by atoms with Crippen LogP contribution in [0.3, 0.4) is 0 Å². The maximum atomic E-state index is 12.4. The number of hydrogen-bond donors (Lipinski definition) is 0. The normalized spacial score (nSPS) is 27.8. The number of allylic oxidation sites excluding steroid dienone is 1. The topological polar surface area (TPSA) is 43.4 Å². The lowest BCUT2D eigenvalue weighted by Crippen LogP contribution is -2.33. The maximum absolute atomic E-state index is 12.4. The van der Waals surface area contributed by atoms with Gasteiger partial charge < -0.3 is 4.74 Å². The number of benzene rings is 1. The van der Waals surface area contributed by atoms with E-state index in [9.17, 15) is 9.59 Å². The van der Waals surface area contributed by atoms with E-state index in [4.69, 9.17) is 4.74 Å². The van der Waals surface area contributed by atoms with Crippen LogP contribution in [0.4, 0.5) is 0 Å².